The summed E-state index contributed by atoms with van der Waals surface area (Å²) in [6.07, 6.45) is 4.67. The van der Waals surface area contributed by atoms with Crippen molar-refractivity contribution in [3.05, 3.63) is 50.0 Å². The van der Waals surface area contributed by atoms with Gasteiger partial charge in [0.15, 0.2) is 5.75 Å². The number of nitro benzene ring substituents is 1. The molecule has 0 saturated heterocycles. The van der Waals surface area contributed by atoms with Gasteiger partial charge < -0.3 is 9.84 Å². The number of carbonyl (C=O) groups excluding carboxylic acids is 1. The average molecular weight is 306 g/mol. The third-order valence-electron chi connectivity index (χ3n) is 2.52. The van der Waals surface area contributed by atoms with E-state index in [9.17, 15) is 20.0 Å². The molecule has 2 rings (SSSR count). The van der Waals surface area contributed by atoms with Crippen molar-refractivity contribution in [2.75, 3.05) is 7.11 Å². The molecule has 1 aromatic carbocycles. The monoisotopic (exact) mass is 306 g/mol. The lowest BCUT2D eigenvalue weighted by Gasteiger charge is -1.97. The Morgan fingerprint density at radius 1 is 1.48 bits per heavy atom. The van der Waals surface area contributed by atoms with Crippen molar-refractivity contribution < 1.29 is 19.6 Å². The van der Waals surface area contributed by atoms with E-state index in [2.05, 4.69) is 9.72 Å². The molecule has 0 aliphatic rings. The molecule has 0 unspecified atom stereocenters. The third-order valence-corrected chi connectivity index (χ3v) is 3.47. The van der Waals surface area contributed by atoms with Crippen molar-refractivity contribution in [2.45, 2.75) is 0 Å². The van der Waals surface area contributed by atoms with E-state index < -0.39 is 16.6 Å². The van der Waals surface area contributed by atoms with Crippen molar-refractivity contribution in [3.63, 3.8) is 0 Å². The summed E-state index contributed by atoms with van der Waals surface area (Å²) in [6.45, 7) is 0. The molecular weight excluding hydrogens is 296 g/mol. The zero-order chi connectivity index (χ0) is 15.4. The molecule has 0 fully saturated rings. The molecule has 0 amide bonds. The predicted octanol–water partition coefficient (Wildman–Crippen LogP) is 2.71. The third kappa shape index (κ3) is 3.42. The van der Waals surface area contributed by atoms with Crippen LogP contribution < -0.4 is 0 Å². The molecule has 0 aliphatic carbocycles. The van der Waals surface area contributed by atoms with Crippen LogP contribution in [0.25, 0.3) is 12.2 Å². The first kappa shape index (κ1) is 14.7. The molecule has 0 aliphatic heterocycles. The van der Waals surface area contributed by atoms with Crippen LogP contribution in [0, 0.1) is 10.1 Å². The molecule has 0 atom stereocenters. The number of hydrogen-bond acceptors (Lipinski definition) is 7. The highest BCUT2D eigenvalue weighted by molar-refractivity contribution is 7.14. The molecule has 1 heterocycles. The summed E-state index contributed by atoms with van der Waals surface area (Å²) in [7, 11) is 1.29. The van der Waals surface area contributed by atoms with Crippen LogP contribution in [0.4, 0.5) is 5.69 Å². The van der Waals surface area contributed by atoms with Crippen molar-refractivity contribution in [3.8, 4) is 5.75 Å². The number of ether oxygens (including phenoxy) is 1. The normalized spacial score (nSPS) is 10.7. The van der Waals surface area contributed by atoms with Crippen LogP contribution in [-0.4, -0.2) is 28.1 Å². The topological polar surface area (TPSA) is 103 Å². The zero-order valence-corrected chi connectivity index (χ0v) is 11.7. The molecule has 7 nitrogen and oxygen atoms in total. The second-order valence-electron chi connectivity index (χ2n) is 3.89. The summed E-state index contributed by atoms with van der Waals surface area (Å²) in [4.78, 5) is 25.6. The number of aromatic hydroxyl groups is 1. The molecule has 8 heteroatoms. The summed E-state index contributed by atoms with van der Waals surface area (Å²) in [6, 6.07) is 4.00. The molecule has 1 aromatic heterocycles. The molecule has 1 N–H and O–H groups in total. The summed E-state index contributed by atoms with van der Waals surface area (Å²) in [5.74, 6) is -0.864. The Morgan fingerprint density at radius 2 is 2.24 bits per heavy atom. The van der Waals surface area contributed by atoms with Gasteiger partial charge in [-0.15, -0.1) is 11.3 Å². The Hall–Kier alpha value is -2.74. The molecule has 0 radical (unpaired) electrons. The highest BCUT2D eigenvalue weighted by Crippen LogP contribution is 2.27. The lowest BCUT2D eigenvalue weighted by atomic mass is 10.2. The SMILES string of the molecule is COC(=O)c1cnc(C=Cc2ccc([N+](=O)[O-])c(O)c2)s1. The Balaban J connectivity index is 2.18. The minimum atomic E-state index is -0.660. The lowest BCUT2D eigenvalue weighted by Crippen LogP contribution is -1.96. The largest absolute Gasteiger partial charge is 0.502 e. The van der Waals surface area contributed by atoms with Crippen LogP contribution in [0.1, 0.15) is 20.2 Å². The van der Waals surface area contributed by atoms with Crippen molar-refractivity contribution in [1.82, 2.24) is 4.98 Å². The van der Waals surface area contributed by atoms with Crippen LogP contribution in [0.3, 0.4) is 0 Å². The maximum absolute atomic E-state index is 11.3. The van der Waals surface area contributed by atoms with Crippen molar-refractivity contribution >= 4 is 35.1 Å². The average Bonchev–Trinajstić information content (AvgIpc) is 2.92. The first-order valence-electron chi connectivity index (χ1n) is 5.71. The fraction of sp³-hybridized carbons (Fsp3) is 0.0769. The van der Waals surface area contributed by atoms with E-state index >= 15 is 0 Å². The van der Waals surface area contributed by atoms with Gasteiger partial charge in [0, 0.05) is 6.07 Å². The summed E-state index contributed by atoms with van der Waals surface area (Å²) in [5, 5.41) is 20.7. The van der Waals surface area contributed by atoms with Crippen LogP contribution in [0.2, 0.25) is 0 Å². The number of nitrogens with zero attached hydrogens (tertiary/aromatic N) is 2. The Morgan fingerprint density at radius 3 is 2.86 bits per heavy atom. The van der Waals surface area contributed by atoms with E-state index in [0.29, 0.717) is 15.4 Å². The van der Waals surface area contributed by atoms with E-state index in [0.717, 1.165) is 11.3 Å². The first-order chi connectivity index (χ1) is 10.0. The second kappa shape index (κ2) is 6.14. The van der Waals surface area contributed by atoms with E-state index in [1.54, 1.807) is 12.2 Å². The van der Waals surface area contributed by atoms with Crippen LogP contribution in [0.15, 0.2) is 24.4 Å². The molecule has 21 heavy (non-hydrogen) atoms. The Labute approximate surface area is 123 Å². The first-order valence-corrected chi connectivity index (χ1v) is 6.52. The molecular formula is C13H10N2O5S. The van der Waals surface area contributed by atoms with Crippen LogP contribution in [0.5, 0.6) is 5.75 Å². The highest BCUT2D eigenvalue weighted by Gasteiger charge is 2.12. The molecule has 2 aromatic rings. The van der Waals surface area contributed by atoms with Crippen molar-refractivity contribution in [2.24, 2.45) is 0 Å². The zero-order valence-electron chi connectivity index (χ0n) is 10.8. The van der Waals surface area contributed by atoms with Gasteiger partial charge in [0.1, 0.15) is 9.88 Å². The minimum Gasteiger partial charge on any atom is -0.502 e. The lowest BCUT2D eigenvalue weighted by molar-refractivity contribution is -0.385. The van der Waals surface area contributed by atoms with Gasteiger partial charge in [0.05, 0.1) is 18.2 Å². The fourth-order valence-corrected chi connectivity index (χ4v) is 2.26. The van der Waals surface area contributed by atoms with Gasteiger partial charge in [-0.25, -0.2) is 9.78 Å². The number of nitro groups is 1. The molecule has 0 saturated carbocycles. The van der Waals surface area contributed by atoms with Gasteiger partial charge in [0.2, 0.25) is 0 Å². The summed E-state index contributed by atoms with van der Waals surface area (Å²) >= 11 is 1.15. The number of phenols is 1. The smallest absolute Gasteiger partial charge is 0.349 e. The summed E-state index contributed by atoms with van der Waals surface area (Å²) < 4.78 is 4.57. The fourth-order valence-electron chi connectivity index (χ4n) is 1.53. The second-order valence-corrected chi connectivity index (χ2v) is 4.96. The van der Waals surface area contributed by atoms with Gasteiger partial charge in [0.25, 0.3) is 0 Å². The number of thiazole rings is 1. The van der Waals surface area contributed by atoms with Crippen LogP contribution >= 0.6 is 11.3 Å². The standard InChI is InChI=1S/C13H10N2O5S/c1-20-13(17)11-7-14-12(21-11)5-3-8-2-4-9(15(18)19)10(16)6-8/h2-7,16H,1H3. The van der Waals surface area contributed by atoms with Gasteiger partial charge >= 0.3 is 11.7 Å². The van der Waals surface area contributed by atoms with Gasteiger partial charge in [-0.1, -0.05) is 6.08 Å². The van der Waals surface area contributed by atoms with E-state index in [1.165, 1.54) is 31.5 Å². The number of hydrogen-bond donors (Lipinski definition) is 1. The van der Waals surface area contributed by atoms with Crippen LogP contribution in [-0.2, 0) is 4.74 Å². The Kier molecular flexibility index (Phi) is 4.29. The molecule has 0 bridgehead atoms. The van der Waals surface area contributed by atoms with Crippen molar-refractivity contribution in [1.29, 1.82) is 0 Å². The van der Waals surface area contributed by atoms with Gasteiger partial charge in [-0.2, -0.15) is 0 Å². The predicted molar refractivity (Wildman–Crippen MR) is 77.1 cm³/mol. The minimum absolute atomic E-state index is 0.352. The number of methoxy groups -OCH3 is 1. The number of aromatic nitrogens is 1. The van der Waals surface area contributed by atoms with E-state index in [1.807, 2.05) is 0 Å². The van der Waals surface area contributed by atoms with Gasteiger partial charge in [-0.3, -0.25) is 10.1 Å². The Bertz CT molecular complexity index is 723. The quantitative estimate of drug-likeness (QED) is 0.529. The van der Waals surface area contributed by atoms with E-state index in [-0.39, 0.29) is 5.69 Å². The number of benzene rings is 1. The number of rotatable bonds is 4. The highest BCUT2D eigenvalue weighted by atomic mass is 32.1. The maximum atomic E-state index is 11.3. The maximum Gasteiger partial charge on any atom is 0.349 e. The number of carbonyl (C=O) groups is 1. The molecule has 108 valence electrons. The summed E-state index contributed by atoms with van der Waals surface area (Å²) in [5.41, 5.74) is 0.224. The molecule has 0 spiro atoms. The van der Waals surface area contributed by atoms with E-state index in [4.69, 9.17) is 0 Å². The van der Waals surface area contributed by atoms with Gasteiger partial charge in [-0.05, 0) is 23.8 Å². The number of phenolic OH excluding ortho intramolecular Hbond substituents is 1. The number of esters is 1.